The van der Waals surface area contributed by atoms with Gasteiger partial charge in [-0.1, -0.05) is 0 Å². The number of carbonyl (C=O) groups is 1. The summed E-state index contributed by atoms with van der Waals surface area (Å²) < 4.78 is 5.42. The highest BCUT2D eigenvalue weighted by Crippen LogP contribution is 2.12. The van der Waals surface area contributed by atoms with Crippen LogP contribution < -0.4 is 5.32 Å². The number of nitrogens with one attached hydrogen (secondary N) is 1. The normalized spacial score (nSPS) is 25.9. The molecule has 1 N–H and O–H groups in total. The second-order valence-electron chi connectivity index (χ2n) is 5.16. The van der Waals surface area contributed by atoms with Crippen molar-refractivity contribution < 1.29 is 9.53 Å². The van der Waals surface area contributed by atoms with Gasteiger partial charge in [-0.2, -0.15) is 0 Å². The minimum atomic E-state index is 0.265. The van der Waals surface area contributed by atoms with Gasteiger partial charge in [0.1, 0.15) is 0 Å². The molecule has 4 heteroatoms. The van der Waals surface area contributed by atoms with Crippen molar-refractivity contribution in [1.82, 2.24) is 10.2 Å². The zero-order valence-electron chi connectivity index (χ0n) is 10.6. The maximum absolute atomic E-state index is 11.9. The van der Waals surface area contributed by atoms with Crippen LogP contribution in [0.1, 0.15) is 32.1 Å². The van der Waals surface area contributed by atoms with E-state index in [1.165, 1.54) is 25.7 Å². The molecule has 4 nitrogen and oxygen atoms in total. The van der Waals surface area contributed by atoms with Crippen LogP contribution in [0.2, 0.25) is 0 Å². The fraction of sp³-hybridized carbons (Fsp3) is 0.923. The van der Waals surface area contributed by atoms with E-state index < -0.39 is 0 Å². The highest BCUT2D eigenvalue weighted by atomic mass is 16.5. The van der Waals surface area contributed by atoms with Gasteiger partial charge in [0.2, 0.25) is 5.91 Å². The molecule has 17 heavy (non-hydrogen) atoms. The van der Waals surface area contributed by atoms with E-state index in [9.17, 15) is 4.79 Å². The summed E-state index contributed by atoms with van der Waals surface area (Å²) >= 11 is 0. The van der Waals surface area contributed by atoms with Gasteiger partial charge in [0, 0.05) is 26.2 Å². The van der Waals surface area contributed by atoms with Crippen LogP contribution in [-0.4, -0.2) is 50.2 Å². The Morgan fingerprint density at radius 1 is 1.24 bits per heavy atom. The predicted molar refractivity (Wildman–Crippen MR) is 66.8 cm³/mol. The maximum Gasteiger partial charge on any atom is 0.236 e. The molecule has 0 bridgehead atoms. The third-order valence-corrected chi connectivity index (χ3v) is 3.67. The largest absolute Gasteiger partial charge is 0.381 e. The van der Waals surface area contributed by atoms with Gasteiger partial charge in [-0.3, -0.25) is 4.79 Å². The van der Waals surface area contributed by atoms with Crippen LogP contribution in [0.5, 0.6) is 0 Å². The van der Waals surface area contributed by atoms with Crippen molar-refractivity contribution in [3.8, 4) is 0 Å². The van der Waals surface area contributed by atoms with E-state index in [0.29, 0.717) is 12.5 Å². The molecular weight excluding hydrogens is 216 g/mol. The van der Waals surface area contributed by atoms with E-state index in [-0.39, 0.29) is 5.91 Å². The van der Waals surface area contributed by atoms with Crippen molar-refractivity contribution in [2.45, 2.75) is 32.1 Å². The van der Waals surface area contributed by atoms with E-state index >= 15 is 0 Å². The molecule has 0 saturated carbocycles. The molecule has 1 amide bonds. The van der Waals surface area contributed by atoms with E-state index in [0.717, 1.165) is 39.3 Å². The van der Waals surface area contributed by atoms with E-state index in [1.807, 2.05) is 4.90 Å². The van der Waals surface area contributed by atoms with Crippen LogP contribution in [0.15, 0.2) is 0 Å². The summed E-state index contributed by atoms with van der Waals surface area (Å²) in [5, 5.41) is 3.28. The second-order valence-corrected chi connectivity index (χ2v) is 5.16. The Hall–Kier alpha value is -0.610. The van der Waals surface area contributed by atoms with Crippen molar-refractivity contribution >= 4 is 5.91 Å². The van der Waals surface area contributed by atoms with Crippen molar-refractivity contribution in [3.63, 3.8) is 0 Å². The lowest BCUT2D eigenvalue weighted by Gasteiger charge is -2.27. The Morgan fingerprint density at radius 3 is 2.76 bits per heavy atom. The van der Waals surface area contributed by atoms with Gasteiger partial charge in [-0.25, -0.2) is 0 Å². The van der Waals surface area contributed by atoms with E-state index in [4.69, 9.17) is 4.74 Å². The second kappa shape index (κ2) is 6.97. The highest BCUT2D eigenvalue weighted by molar-refractivity contribution is 5.78. The molecule has 0 aromatic heterocycles. The van der Waals surface area contributed by atoms with Crippen LogP contribution in [0.3, 0.4) is 0 Å². The molecule has 2 aliphatic heterocycles. The molecule has 0 spiro atoms. The standard InChI is InChI=1S/C13H24N2O2/c16-13(15-6-2-1-3-7-15)10-14-9-12-5-4-8-17-11-12/h12,14H,1-11H2. The Balaban J connectivity index is 1.58. The molecule has 2 rings (SSSR count). The number of amides is 1. The first-order valence-corrected chi connectivity index (χ1v) is 6.92. The number of ether oxygens (including phenoxy) is 1. The molecule has 2 fully saturated rings. The Kier molecular flexibility index (Phi) is 5.26. The highest BCUT2D eigenvalue weighted by Gasteiger charge is 2.17. The molecular formula is C13H24N2O2. The van der Waals surface area contributed by atoms with Crippen molar-refractivity contribution in [3.05, 3.63) is 0 Å². The molecule has 1 atom stereocenters. The fourth-order valence-corrected chi connectivity index (χ4v) is 2.61. The molecule has 1 unspecified atom stereocenters. The minimum absolute atomic E-state index is 0.265. The lowest BCUT2D eigenvalue weighted by molar-refractivity contribution is -0.131. The number of carbonyl (C=O) groups excluding carboxylic acids is 1. The quantitative estimate of drug-likeness (QED) is 0.797. The third kappa shape index (κ3) is 4.28. The molecule has 0 aromatic carbocycles. The first-order chi connectivity index (χ1) is 8.36. The summed E-state index contributed by atoms with van der Waals surface area (Å²) in [7, 11) is 0. The summed E-state index contributed by atoms with van der Waals surface area (Å²) in [6.45, 7) is 5.07. The van der Waals surface area contributed by atoms with E-state index in [2.05, 4.69) is 5.32 Å². The fourth-order valence-electron chi connectivity index (χ4n) is 2.61. The number of rotatable bonds is 4. The summed E-state index contributed by atoms with van der Waals surface area (Å²) in [6.07, 6.45) is 6.00. The lowest BCUT2D eigenvalue weighted by Crippen LogP contribution is -2.42. The van der Waals surface area contributed by atoms with Crippen LogP contribution in [0.25, 0.3) is 0 Å². The monoisotopic (exact) mass is 240 g/mol. The summed E-state index contributed by atoms with van der Waals surface area (Å²) in [5.74, 6) is 0.860. The van der Waals surface area contributed by atoms with E-state index in [1.54, 1.807) is 0 Å². The number of nitrogens with zero attached hydrogens (tertiary/aromatic N) is 1. The molecule has 2 heterocycles. The van der Waals surface area contributed by atoms with Gasteiger partial charge in [0.05, 0.1) is 13.2 Å². The molecule has 98 valence electrons. The van der Waals surface area contributed by atoms with Crippen molar-refractivity contribution in [2.24, 2.45) is 5.92 Å². The van der Waals surface area contributed by atoms with Gasteiger partial charge in [-0.15, -0.1) is 0 Å². The maximum atomic E-state index is 11.9. The Labute approximate surface area is 104 Å². The average Bonchev–Trinajstić information content (AvgIpc) is 2.41. The smallest absolute Gasteiger partial charge is 0.236 e. The predicted octanol–water partition coefficient (Wildman–Crippen LogP) is 1.02. The minimum Gasteiger partial charge on any atom is -0.381 e. The third-order valence-electron chi connectivity index (χ3n) is 3.67. The summed E-state index contributed by atoms with van der Waals surface area (Å²) in [4.78, 5) is 13.9. The molecule has 0 aromatic rings. The van der Waals surface area contributed by atoms with Crippen molar-refractivity contribution in [2.75, 3.05) is 39.4 Å². The van der Waals surface area contributed by atoms with Crippen LogP contribution in [0, 0.1) is 5.92 Å². The van der Waals surface area contributed by atoms with Gasteiger partial charge in [-0.05, 0) is 38.0 Å². The molecule has 0 aliphatic carbocycles. The summed E-state index contributed by atoms with van der Waals surface area (Å²) in [5.41, 5.74) is 0. The number of likely N-dealkylation sites (tertiary alicyclic amines) is 1. The van der Waals surface area contributed by atoms with Crippen LogP contribution in [0.4, 0.5) is 0 Å². The lowest BCUT2D eigenvalue weighted by atomic mass is 10.0. The van der Waals surface area contributed by atoms with Crippen LogP contribution in [-0.2, 0) is 9.53 Å². The molecule has 2 aliphatic rings. The first kappa shape index (κ1) is 12.8. The zero-order chi connectivity index (χ0) is 11.9. The Morgan fingerprint density at radius 2 is 2.06 bits per heavy atom. The topological polar surface area (TPSA) is 41.6 Å². The summed E-state index contributed by atoms with van der Waals surface area (Å²) in [6, 6.07) is 0. The van der Waals surface area contributed by atoms with Gasteiger partial charge >= 0.3 is 0 Å². The number of hydrogen-bond donors (Lipinski definition) is 1. The SMILES string of the molecule is O=C(CNCC1CCCOC1)N1CCCCC1. The Bertz CT molecular complexity index is 234. The molecule has 0 radical (unpaired) electrons. The number of hydrogen-bond acceptors (Lipinski definition) is 3. The van der Waals surface area contributed by atoms with Gasteiger partial charge in [0.25, 0.3) is 0 Å². The number of piperidine rings is 1. The van der Waals surface area contributed by atoms with Gasteiger partial charge < -0.3 is 15.0 Å². The first-order valence-electron chi connectivity index (χ1n) is 6.92. The zero-order valence-corrected chi connectivity index (χ0v) is 10.6. The van der Waals surface area contributed by atoms with Gasteiger partial charge in [0.15, 0.2) is 0 Å². The average molecular weight is 240 g/mol. The van der Waals surface area contributed by atoms with Crippen LogP contribution >= 0.6 is 0 Å². The molecule has 2 saturated heterocycles. The van der Waals surface area contributed by atoms with Crippen molar-refractivity contribution in [1.29, 1.82) is 0 Å².